The molecule has 8 N–H and O–H groups in total. The third kappa shape index (κ3) is 26.8. The van der Waals surface area contributed by atoms with Gasteiger partial charge in [-0.2, -0.15) is 0 Å². The standard InChI is InChI=1S/C27H40N2O2.C22H28N2O2.C21H30N2O2.C17H26N2O2.C13H20N2O/c1-26(2,3)31-25(30)21-12-23(29-22-7-5-4-6-8-22)24(28-17-21)16-27-13-18-9-19(14-27)11-20(10-18)15-27;1-2-26-22(25)19-14-21(23-15-18-11-7-4-8-12-18)20(24-16-19)13-17-9-5-3-6-10-17;1-20(2,3)25-19(24)16-7-17(22)18(23-12-16)11-21-8-13-4-14(9-21)6-15(5-13)10-21;1-17(2,3)21-16(20)13-10-14(18)15(19-11-13)9-12-7-5-4-6-8-12;1-16-11-8-12(14)13(15-9-11)7-10-5-3-2-4-6-10/h12,17-20,22,29H,4-11,13-16H2,1-3H3;4,7-8,11-12,14,16-17,23H,2-3,5-6,9-10,13,15H2,1H3;7,12-15H,4-6,8-11,22H2,1-3H3;10-12H,4-9,18H2,1-3H3;8-10H,2-7,14H2,1H3. The summed E-state index contributed by atoms with van der Waals surface area (Å²) in [6.45, 7) is 19.8. The molecule has 1 aromatic carbocycles. The molecule has 119 heavy (non-hydrogen) atoms. The van der Waals surface area contributed by atoms with Crippen LogP contribution in [0.15, 0.2) is 91.6 Å². The van der Waals surface area contributed by atoms with Gasteiger partial charge in [-0.3, -0.25) is 24.9 Å². The summed E-state index contributed by atoms with van der Waals surface area (Å²) in [4.78, 5) is 71.9. The van der Waals surface area contributed by atoms with Gasteiger partial charge >= 0.3 is 23.9 Å². The van der Waals surface area contributed by atoms with E-state index in [1.54, 1.807) is 50.2 Å². The minimum Gasteiger partial charge on any atom is -0.495 e. The maximum absolute atomic E-state index is 12.7. The molecule has 5 aromatic heterocycles. The largest absolute Gasteiger partial charge is 0.495 e. The number of carbonyl (C=O) groups is 4. The maximum Gasteiger partial charge on any atom is 0.340 e. The summed E-state index contributed by atoms with van der Waals surface area (Å²) in [6, 6.07) is 20.0. The lowest BCUT2D eigenvalue weighted by atomic mass is 9.48. The predicted molar refractivity (Wildman–Crippen MR) is 476 cm³/mol. The highest BCUT2D eigenvalue weighted by molar-refractivity contribution is 5.92. The summed E-state index contributed by atoms with van der Waals surface area (Å²) in [5.41, 5.74) is 30.0. The fraction of sp³-hybridized carbons (Fsp3) is 0.650. The van der Waals surface area contributed by atoms with Crippen molar-refractivity contribution in [3.8, 4) is 5.75 Å². The lowest BCUT2D eigenvalue weighted by Crippen LogP contribution is -2.47. The SMILES string of the molecule is CC(C)(C)OC(=O)c1cnc(CC23CC4CC(CC(C4)C2)C3)c(N)c1.CC(C)(C)OC(=O)c1cnc(CC23CC4CC(CC(C4)C2)C3)c(NC2CCCCC2)c1.CC(C)(C)OC(=O)c1cnc(CC2CCCCC2)c(N)c1.CCOC(=O)c1cnc(CC2CCCCC2)c(NCc2ccccc2)c1.COc1cnc(CC2CCCCC2)c(N)c1. The van der Waals surface area contributed by atoms with Crippen LogP contribution in [-0.4, -0.2) is 85.4 Å². The fourth-order valence-electron chi connectivity index (χ4n) is 22.3. The van der Waals surface area contributed by atoms with E-state index in [0.29, 0.717) is 75.5 Å². The number of carbonyl (C=O) groups excluding carboxylic acids is 4. The molecule has 12 aliphatic carbocycles. The third-order valence-electron chi connectivity index (χ3n) is 26.9. The Morgan fingerprint density at radius 2 is 0.756 bits per heavy atom. The van der Waals surface area contributed by atoms with Crippen LogP contribution in [0.1, 0.15) is 350 Å². The normalized spacial score (nSPS) is 24.1. The van der Waals surface area contributed by atoms with Gasteiger partial charge in [-0.25, -0.2) is 19.2 Å². The van der Waals surface area contributed by atoms with E-state index in [2.05, 4.69) is 42.7 Å². The van der Waals surface area contributed by atoms with Crippen LogP contribution in [0.2, 0.25) is 0 Å². The summed E-state index contributed by atoms with van der Waals surface area (Å²) >= 11 is 0. The zero-order valence-corrected chi connectivity index (χ0v) is 74.2. The van der Waals surface area contributed by atoms with Crippen LogP contribution in [-0.2, 0) is 57.6 Å². The maximum atomic E-state index is 12.7. The van der Waals surface area contributed by atoms with E-state index in [4.69, 9.17) is 45.9 Å². The third-order valence-corrected chi connectivity index (χ3v) is 26.9. The van der Waals surface area contributed by atoms with Crippen molar-refractivity contribution in [2.24, 2.45) is 64.1 Å². The number of nitrogens with zero attached hydrogens (tertiary/aromatic N) is 5. The fourth-order valence-corrected chi connectivity index (χ4v) is 22.3. The van der Waals surface area contributed by atoms with Crippen molar-refractivity contribution in [2.45, 2.75) is 336 Å². The number of pyridine rings is 5. The zero-order valence-electron chi connectivity index (χ0n) is 74.2. The van der Waals surface area contributed by atoms with Crippen LogP contribution in [0.25, 0.3) is 0 Å². The number of nitrogens with two attached hydrogens (primary N) is 3. The van der Waals surface area contributed by atoms with Crippen LogP contribution in [0, 0.1) is 64.1 Å². The number of benzene rings is 1. The first-order valence-corrected chi connectivity index (χ1v) is 46.1. The quantitative estimate of drug-likeness (QED) is 0.0331. The molecule has 18 rings (SSSR count). The molecule has 0 unspecified atom stereocenters. The molecule has 0 spiro atoms. The van der Waals surface area contributed by atoms with Crippen LogP contribution in [0.3, 0.4) is 0 Å². The minimum absolute atomic E-state index is 0.270. The molecule has 0 amide bonds. The summed E-state index contributed by atoms with van der Waals surface area (Å²) < 4.78 is 26.6. The van der Waals surface area contributed by atoms with Crippen molar-refractivity contribution in [3.05, 3.63) is 148 Å². The number of nitrogens with one attached hydrogen (secondary N) is 2. The summed E-state index contributed by atoms with van der Waals surface area (Å²) in [7, 11) is 1.64. The van der Waals surface area contributed by atoms with E-state index in [-0.39, 0.29) is 23.9 Å². The molecule has 12 saturated carbocycles. The smallest absolute Gasteiger partial charge is 0.340 e. The summed E-state index contributed by atoms with van der Waals surface area (Å²) in [5.74, 6) is 7.20. The molecule has 12 fully saturated rings. The Kier molecular flexibility index (Phi) is 31.0. The van der Waals surface area contributed by atoms with Gasteiger partial charge in [-0.1, -0.05) is 146 Å². The number of nitrogen functional groups attached to an aromatic ring is 3. The molecule has 648 valence electrons. The van der Waals surface area contributed by atoms with Gasteiger partial charge in [0, 0.05) is 43.4 Å². The van der Waals surface area contributed by atoms with E-state index >= 15 is 0 Å². The topological polar surface area (TPSA) is 281 Å². The van der Waals surface area contributed by atoms with Crippen molar-refractivity contribution < 1.29 is 42.9 Å². The molecular weight excluding hydrogens is 1490 g/mol. The van der Waals surface area contributed by atoms with E-state index in [1.165, 1.54) is 217 Å². The molecule has 8 bridgehead atoms. The summed E-state index contributed by atoms with van der Waals surface area (Å²) in [6.07, 6.45) is 56.4. The van der Waals surface area contributed by atoms with Gasteiger partial charge in [-0.15, -0.1) is 0 Å². The number of methoxy groups -OCH3 is 1. The van der Waals surface area contributed by atoms with E-state index in [9.17, 15) is 19.2 Å². The second-order valence-electron chi connectivity index (χ2n) is 40.7. The van der Waals surface area contributed by atoms with Crippen molar-refractivity contribution in [3.63, 3.8) is 0 Å². The van der Waals surface area contributed by atoms with Crippen LogP contribution in [0.5, 0.6) is 5.75 Å². The van der Waals surface area contributed by atoms with E-state index < -0.39 is 16.8 Å². The Labute approximate surface area is 711 Å². The Bertz CT molecular complexity index is 4240. The van der Waals surface area contributed by atoms with Crippen molar-refractivity contribution in [1.29, 1.82) is 0 Å². The highest BCUT2D eigenvalue weighted by Crippen LogP contribution is 2.63. The molecule has 19 heteroatoms. The molecule has 0 radical (unpaired) electrons. The molecule has 12 aliphatic rings. The number of esters is 4. The number of ether oxygens (including phenoxy) is 5. The van der Waals surface area contributed by atoms with Gasteiger partial charge in [0.2, 0.25) is 0 Å². The Morgan fingerprint density at radius 1 is 0.412 bits per heavy atom. The molecule has 19 nitrogen and oxygen atoms in total. The Balaban J connectivity index is 0.000000139. The second kappa shape index (κ2) is 41.0. The van der Waals surface area contributed by atoms with Gasteiger partial charge in [-0.05, 0) is 285 Å². The first-order valence-electron chi connectivity index (χ1n) is 46.1. The van der Waals surface area contributed by atoms with Gasteiger partial charge in [0.25, 0.3) is 0 Å². The van der Waals surface area contributed by atoms with Gasteiger partial charge in [0.05, 0.1) is 99.1 Å². The minimum atomic E-state index is -0.510. The van der Waals surface area contributed by atoms with E-state index in [0.717, 1.165) is 119 Å². The predicted octanol–water partition coefficient (Wildman–Crippen LogP) is 22.4. The number of hydrogen-bond acceptors (Lipinski definition) is 19. The first-order chi connectivity index (χ1) is 56.9. The highest BCUT2D eigenvalue weighted by atomic mass is 16.6. The van der Waals surface area contributed by atoms with Gasteiger partial charge < -0.3 is 51.5 Å². The summed E-state index contributed by atoms with van der Waals surface area (Å²) in [5, 5.41) is 7.31. The Hall–Kier alpha value is -8.35. The Morgan fingerprint density at radius 3 is 1.15 bits per heavy atom. The lowest BCUT2D eigenvalue weighted by Gasteiger charge is -2.57. The van der Waals surface area contributed by atoms with Gasteiger partial charge in [0.1, 0.15) is 22.6 Å². The average Bonchev–Trinajstić information content (AvgIpc) is 0.745. The van der Waals surface area contributed by atoms with Gasteiger partial charge in [0.15, 0.2) is 0 Å². The van der Waals surface area contributed by atoms with Crippen LogP contribution in [0.4, 0.5) is 28.4 Å². The zero-order chi connectivity index (χ0) is 84.5. The highest BCUT2D eigenvalue weighted by Gasteiger charge is 2.53. The van der Waals surface area contributed by atoms with Crippen molar-refractivity contribution >= 4 is 52.3 Å². The van der Waals surface area contributed by atoms with Crippen LogP contribution < -0.4 is 32.6 Å². The molecule has 6 aromatic rings. The number of rotatable bonds is 21. The molecular formula is C100H144N10O9. The number of anilines is 5. The first kappa shape index (κ1) is 89.9. The lowest BCUT2D eigenvalue weighted by molar-refractivity contribution is -0.0527. The monoisotopic (exact) mass is 1630 g/mol. The van der Waals surface area contributed by atoms with Crippen molar-refractivity contribution in [1.82, 2.24) is 24.9 Å². The molecule has 0 atom stereocenters. The van der Waals surface area contributed by atoms with Crippen molar-refractivity contribution in [2.75, 3.05) is 41.6 Å². The second-order valence-corrected chi connectivity index (χ2v) is 40.7. The average molecular weight is 1630 g/mol. The number of aromatic nitrogens is 5. The van der Waals surface area contributed by atoms with E-state index in [1.807, 2.05) is 106 Å². The molecule has 0 aliphatic heterocycles. The van der Waals surface area contributed by atoms with Crippen LogP contribution >= 0.6 is 0 Å². The molecule has 0 saturated heterocycles. The molecule has 5 heterocycles. The number of hydrogen-bond donors (Lipinski definition) is 5.